The van der Waals surface area contributed by atoms with E-state index in [0.29, 0.717) is 17.7 Å². The van der Waals surface area contributed by atoms with Gasteiger partial charge in [0, 0.05) is 12.7 Å². The fourth-order valence-corrected chi connectivity index (χ4v) is 2.34. The molecule has 0 radical (unpaired) electrons. The number of nitrogens with one attached hydrogen (secondary N) is 1. The summed E-state index contributed by atoms with van der Waals surface area (Å²) in [5.74, 6) is -1.54. The molecule has 6 nitrogen and oxygen atoms in total. The van der Waals surface area contributed by atoms with Crippen LogP contribution in [0.2, 0.25) is 0 Å². The summed E-state index contributed by atoms with van der Waals surface area (Å²) < 4.78 is 1.62. The van der Waals surface area contributed by atoms with Crippen molar-refractivity contribution in [2.75, 3.05) is 0 Å². The molecular formula is C16H19N3O3. The smallest absolute Gasteiger partial charge is 0.334 e. The van der Waals surface area contributed by atoms with Gasteiger partial charge >= 0.3 is 5.97 Å². The lowest BCUT2D eigenvalue weighted by Crippen LogP contribution is -2.51. The van der Waals surface area contributed by atoms with Gasteiger partial charge in [-0.1, -0.05) is 37.3 Å². The molecule has 2 aromatic rings. The molecule has 1 atom stereocenters. The molecule has 0 bridgehead atoms. The molecule has 0 aliphatic rings. The highest BCUT2D eigenvalue weighted by atomic mass is 16.4. The molecule has 2 N–H and O–H groups in total. The van der Waals surface area contributed by atoms with Crippen molar-refractivity contribution in [3.05, 3.63) is 53.9 Å². The van der Waals surface area contributed by atoms with Gasteiger partial charge < -0.3 is 10.4 Å². The van der Waals surface area contributed by atoms with Crippen molar-refractivity contribution >= 4 is 11.9 Å². The molecule has 1 amide bonds. The Balaban J connectivity index is 2.35. The second kappa shape index (κ2) is 6.43. The number of aryl methyl sites for hydroxylation is 1. The van der Waals surface area contributed by atoms with E-state index in [9.17, 15) is 14.7 Å². The van der Waals surface area contributed by atoms with Gasteiger partial charge in [-0.05, 0) is 18.9 Å². The first-order valence-corrected chi connectivity index (χ1v) is 7.17. The van der Waals surface area contributed by atoms with Crippen LogP contribution >= 0.6 is 0 Å². The van der Waals surface area contributed by atoms with Crippen molar-refractivity contribution in [2.24, 2.45) is 0 Å². The monoisotopic (exact) mass is 301 g/mol. The zero-order chi connectivity index (χ0) is 16.2. The van der Waals surface area contributed by atoms with Crippen LogP contribution in [-0.4, -0.2) is 26.8 Å². The maximum absolute atomic E-state index is 12.4. The lowest BCUT2D eigenvalue weighted by Gasteiger charge is -2.29. The molecular weight excluding hydrogens is 282 g/mol. The topological polar surface area (TPSA) is 84.2 Å². The average molecular weight is 301 g/mol. The second-order valence-corrected chi connectivity index (χ2v) is 4.97. The maximum atomic E-state index is 12.4. The summed E-state index contributed by atoms with van der Waals surface area (Å²) >= 11 is 0. The first-order chi connectivity index (χ1) is 10.5. The zero-order valence-electron chi connectivity index (χ0n) is 12.6. The molecule has 22 heavy (non-hydrogen) atoms. The third-order valence-corrected chi connectivity index (χ3v) is 3.71. The van der Waals surface area contributed by atoms with Crippen molar-refractivity contribution in [1.29, 1.82) is 0 Å². The van der Waals surface area contributed by atoms with Gasteiger partial charge in [0.1, 0.15) is 0 Å². The molecule has 6 heteroatoms. The van der Waals surface area contributed by atoms with Crippen LogP contribution in [0.5, 0.6) is 0 Å². The van der Waals surface area contributed by atoms with Crippen molar-refractivity contribution in [3.8, 4) is 0 Å². The number of hydrogen-bond donors (Lipinski definition) is 2. The number of aliphatic carboxylic acids is 1. The van der Waals surface area contributed by atoms with E-state index in [-0.39, 0.29) is 6.42 Å². The van der Waals surface area contributed by atoms with E-state index < -0.39 is 17.4 Å². The summed E-state index contributed by atoms with van der Waals surface area (Å²) in [6.07, 6.45) is 3.27. The van der Waals surface area contributed by atoms with E-state index >= 15 is 0 Å². The number of amides is 1. The minimum absolute atomic E-state index is 0.236. The number of carboxylic acid groups (broad SMARTS) is 1. The van der Waals surface area contributed by atoms with Crippen LogP contribution in [0.3, 0.4) is 0 Å². The first kappa shape index (κ1) is 15.8. The van der Waals surface area contributed by atoms with Crippen molar-refractivity contribution in [2.45, 2.75) is 32.4 Å². The lowest BCUT2D eigenvalue weighted by atomic mass is 9.87. The van der Waals surface area contributed by atoms with E-state index in [1.165, 1.54) is 6.20 Å². The van der Waals surface area contributed by atoms with Gasteiger partial charge in [0.15, 0.2) is 5.54 Å². The average Bonchev–Trinajstić information content (AvgIpc) is 3.02. The summed E-state index contributed by atoms with van der Waals surface area (Å²) in [7, 11) is 0. The van der Waals surface area contributed by atoms with Crippen molar-refractivity contribution < 1.29 is 14.7 Å². The Labute approximate surface area is 128 Å². The van der Waals surface area contributed by atoms with E-state index in [0.717, 1.165) is 0 Å². The molecule has 0 saturated heterocycles. The van der Waals surface area contributed by atoms with Gasteiger partial charge in [-0.25, -0.2) is 4.79 Å². The van der Waals surface area contributed by atoms with Gasteiger partial charge in [0.2, 0.25) is 0 Å². The highest BCUT2D eigenvalue weighted by Gasteiger charge is 2.40. The molecule has 1 unspecified atom stereocenters. The Morgan fingerprint density at radius 2 is 1.95 bits per heavy atom. The predicted octanol–water partition coefficient (Wildman–Crippen LogP) is 2.02. The fraction of sp³-hybridized carbons (Fsp3) is 0.312. The third-order valence-electron chi connectivity index (χ3n) is 3.71. The van der Waals surface area contributed by atoms with Gasteiger partial charge in [-0.15, -0.1) is 0 Å². The molecule has 0 aliphatic heterocycles. The van der Waals surface area contributed by atoms with E-state index in [1.807, 2.05) is 6.92 Å². The van der Waals surface area contributed by atoms with Crippen LogP contribution in [0.4, 0.5) is 0 Å². The van der Waals surface area contributed by atoms with E-state index in [1.54, 1.807) is 48.1 Å². The quantitative estimate of drug-likeness (QED) is 0.855. The fourth-order valence-electron chi connectivity index (χ4n) is 2.34. The van der Waals surface area contributed by atoms with Gasteiger partial charge in [-0.2, -0.15) is 5.10 Å². The van der Waals surface area contributed by atoms with E-state index in [2.05, 4.69) is 10.4 Å². The standard InChI is InChI=1S/C16H19N3O3/c1-3-16(15(21)22,13-8-6-5-7-9-13)18-14(20)12-10-17-19(4-2)11-12/h5-11H,3-4H2,1-2H3,(H,18,20)(H,21,22). The number of hydrogen-bond acceptors (Lipinski definition) is 3. The normalized spacial score (nSPS) is 13.4. The second-order valence-electron chi connectivity index (χ2n) is 4.97. The summed E-state index contributed by atoms with van der Waals surface area (Å²) in [6.45, 7) is 4.28. The van der Waals surface area contributed by atoms with Crippen LogP contribution in [0.25, 0.3) is 0 Å². The SMILES string of the molecule is CCn1cc(C(=O)NC(CC)(C(=O)O)c2ccccc2)cn1. The molecule has 0 saturated carbocycles. The predicted molar refractivity (Wildman–Crippen MR) is 81.4 cm³/mol. The summed E-state index contributed by atoms with van der Waals surface area (Å²) in [5.41, 5.74) is -0.565. The van der Waals surface area contributed by atoms with Gasteiger partial charge in [0.05, 0.1) is 11.8 Å². The van der Waals surface area contributed by atoms with E-state index in [4.69, 9.17) is 0 Å². The van der Waals surface area contributed by atoms with Gasteiger partial charge in [0.25, 0.3) is 5.91 Å². The highest BCUT2D eigenvalue weighted by Crippen LogP contribution is 2.26. The molecule has 0 spiro atoms. The molecule has 116 valence electrons. The maximum Gasteiger partial charge on any atom is 0.334 e. The number of rotatable bonds is 6. The number of aromatic nitrogens is 2. The van der Waals surface area contributed by atoms with Crippen LogP contribution in [0.1, 0.15) is 36.2 Å². The summed E-state index contributed by atoms with van der Waals surface area (Å²) in [4.78, 5) is 24.2. The number of nitrogens with zero attached hydrogens (tertiary/aromatic N) is 2. The Hall–Kier alpha value is -2.63. The number of benzene rings is 1. The lowest BCUT2D eigenvalue weighted by molar-refractivity contribution is -0.145. The number of carbonyl (C=O) groups excluding carboxylic acids is 1. The Kier molecular flexibility index (Phi) is 4.60. The molecule has 0 aliphatic carbocycles. The van der Waals surface area contributed by atoms with Crippen LogP contribution in [0, 0.1) is 0 Å². The molecule has 0 fully saturated rings. The van der Waals surface area contributed by atoms with Crippen LogP contribution < -0.4 is 5.32 Å². The Morgan fingerprint density at radius 1 is 1.27 bits per heavy atom. The third kappa shape index (κ3) is 2.86. The Bertz CT molecular complexity index is 666. The molecule has 1 aromatic heterocycles. The summed E-state index contributed by atoms with van der Waals surface area (Å²) in [6, 6.07) is 8.72. The van der Waals surface area contributed by atoms with Crippen molar-refractivity contribution in [3.63, 3.8) is 0 Å². The zero-order valence-corrected chi connectivity index (χ0v) is 12.6. The van der Waals surface area contributed by atoms with Crippen molar-refractivity contribution in [1.82, 2.24) is 15.1 Å². The summed E-state index contributed by atoms with van der Waals surface area (Å²) in [5, 5.41) is 16.4. The van der Waals surface area contributed by atoms with Crippen LogP contribution in [0.15, 0.2) is 42.7 Å². The van der Waals surface area contributed by atoms with Gasteiger partial charge in [-0.3, -0.25) is 9.48 Å². The molecule has 1 aromatic carbocycles. The minimum atomic E-state index is -1.45. The minimum Gasteiger partial charge on any atom is -0.479 e. The Morgan fingerprint density at radius 3 is 2.45 bits per heavy atom. The molecule has 1 heterocycles. The number of carbonyl (C=O) groups is 2. The molecule has 2 rings (SSSR count). The largest absolute Gasteiger partial charge is 0.479 e. The first-order valence-electron chi connectivity index (χ1n) is 7.17. The highest BCUT2D eigenvalue weighted by molar-refractivity contribution is 5.97. The number of carboxylic acids is 1. The van der Waals surface area contributed by atoms with Crippen LogP contribution in [-0.2, 0) is 16.9 Å².